The summed E-state index contributed by atoms with van der Waals surface area (Å²) < 4.78 is 23.4. The van der Waals surface area contributed by atoms with Gasteiger partial charge in [0.25, 0.3) is 16.7 Å². The van der Waals surface area contributed by atoms with Crippen LogP contribution in [0.1, 0.15) is 31.3 Å². The molecule has 0 unspecified atom stereocenters. The van der Waals surface area contributed by atoms with Gasteiger partial charge in [0.1, 0.15) is 51.0 Å². The molecule has 15 rings (SSSR count). The Bertz CT molecular complexity index is 5190. The quantitative estimate of drug-likeness (QED) is 0.0490. The third kappa shape index (κ3) is 13.4. The Hall–Kier alpha value is -13.0. The van der Waals surface area contributed by atoms with E-state index in [1.807, 2.05) is 201 Å². The van der Waals surface area contributed by atoms with Gasteiger partial charge in [-0.1, -0.05) is 111 Å². The van der Waals surface area contributed by atoms with Crippen molar-refractivity contribution in [3.8, 4) is 67.9 Å². The van der Waals surface area contributed by atoms with Crippen molar-refractivity contribution in [2.45, 2.75) is 43.9 Å². The summed E-state index contributed by atoms with van der Waals surface area (Å²) in [4.78, 5) is 79.6. The zero-order chi connectivity index (χ0) is 68.8. The normalized spacial score (nSPS) is 15.0. The minimum absolute atomic E-state index is 0.0237. The molecular formula is C75H69N15O9. The largest absolute Gasteiger partial charge is 0.457 e. The topological polar surface area (TPSA) is 319 Å². The maximum absolute atomic E-state index is 12.8. The van der Waals surface area contributed by atoms with Crippen molar-refractivity contribution in [2.24, 2.45) is 0 Å². The Labute approximate surface area is 566 Å². The molecule has 0 bridgehead atoms. The molecule has 24 heteroatoms. The Morgan fingerprint density at radius 3 is 1.23 bits per heavy atom. The van der Waals surface area contributed by atoms with Gasteiger partial charge in [-0.25, -0.2) is 15.3 Å². The van der Waals surface area contributed by atoms with Crippen LogP contribution in [-0.4, -0.2) is 115 Å². The lowest BCUT2D eigenvalue weighted by molar-refractivity contribution is -0.131. The molecular weight excluding hydrogens is 1250 g/mol. The number of hydrogen-bond acceptors (Lipinski definition) is 15. The summed E-state index contributed by atoms with van der Waals surface area (Å²) in [5, 5.41) is 21.2. The smallest absolute Gasteiger partial charge is 0.288 e. The fourth-order valence-electron chi connectivity index (χ4n) is 13.0. The third-order valence-corrected chi connectivity index (χ3v) is 17.9. The van der Waals surface area contributed by atoms with E-state index in [1.165, 1.54) is 18.2 Å². The highest BCUT2D eigenvalue weighted by Gasteiger charge is 2.34. The monoisotopic (exact) mass is 1320 g/mol. The lowest BCUT2D eigenvalue weighted by atomic mass is 10.1. The van der Waals surface area contributed by atoms with Crippen LogP contribution in [0.25, 0.3) is 66.1 Å². The van der Waals surface area contributed by atoms with Crippen LogP contribution in [0.5, 0.6) is 34.5 Å². The van der Waals surface area contributed by atoms with Crippen LogP contribution in [0.4, 0.5) is 17.5 Å². The number of benzene rings is 6. The first-order valence-electron chi connectivity index (χ1n) is 32.0. The molecule has 6 aromatic heterocycles. The molecule has 2 atom stereocenters. The van der Waals surface area contributed by atoms with Crippen LogP contribution < -0.4 is 48.1 Å². The summed E-state index contributed by atoms with van der Waals surface area (Å²) in [6, 6.07) is 51.4. The van der Waals surface area contributed by atoms with Crippen molar-refractivity contribution in [1.29, 1.82) is 0 Å². The first kappa shape index (κ1) is 64.7. The number of anilines is 3. The number of nitrogens with zero attached hydrogens (tertiary/aromatic N) is 9. The summed E-state index contributed by atoms with van der Waals surface area (Å²) in [6.45, 7) is 14.0. The molecule has 0 spiro atoms. The highest BCUT2D eigenvalue weighted by molar-refractivity contribution is 6.04. The predicted octanol–water partition coefficient (Wildman–Crippen LogP) is 11.0. The van der Waals surface area contributed by atoms with Crippen molar-refractivity contribution >= 4 is 67.9 Å². The Balaban J connectivity index is 0.000000133. The zero-order valence-electron chi connectivity index (χ0n) is 53.7. The van der Waals surface area contributed by atoms with E-state index in [2.05, 4.69) is 50.3 Å². The second kappa shape index (κ2) is 28.1. The number of hydrogen-bond donors (Lipinski definition) is 6. The molecule has 9 heterocycles. The van der Waals surface area contributed by atoms with Crippen LogP contribution in [0.3, 0.4) is 0 Å². The number of fused-ring (bicyclic) bond motifs is 3. The van der Waals surface area contributed by atoms with Gasteiger partial charge >= 0.3 is 0 Å². The van der Waals surface area contributed by atoms with E-state index in [-0.39, 0.29) is 70.0 Å². The van der Waals surface area contributed by atoms with Gasteiger partial charge in [-0.15, -0.1) is 0 Å². The summed E-state index contributed by atoms with van der Waals surface area (Å²) in [5.41, 5.74) is 24.1. The second-order valence-corrected chi connectivity index (χ2v) is 24.0. The molecule has 3 amide bonds. The highest BCUT2D eigenvalue weighted by Crippen LogP contribution is 2.40. The number of nitrogens with one attached hydrogen (secondary N) is 3. The van der Waals surface area contributed by atoms with Gasteiger partial charge < -0.3 is 59.8 Å². The Morgan fingerprint density at radius 1 is 0.444 bits per heavy atom. The Kier molecular flexibility index (Phi) is 18.4. The number of aromatic nitrogens is 9. The number of H-pyrrole nitrogens is 3. The maximum atomic E-state index is 12.8. The lowest BCUT2D eigenvalue weighted by Crippen LogP contribution is -2.50. The van der Waals surface area contributed by atoms with E-state index < -0.39 is 0 Å². The lowest BCUT2D eigenvalue weighted by Gasteiger charge is -2.39. The highest BCUT2D eigenvalue weighted by atomic mass is 16.5. The molecule has 12 aromatic rings. The van der Waals surface area contributed by atoms with E-state index in [4.69, 9.17) is 31.4 Å². The maximum Gasteiger partial charge on any atom is 0.288 e. The molecule has 0 radical (unpaired) electrons. The number of nitrogen functional groups attached to an aromatic ring is 3. The van der Waals surface area contributed by atoms with E-state index in [0.717, 1.165) is 69.9 Å². The van der Waals surface area contributed by atoms with Crippen molar-refractivity contribution in [1.82, 2.24) is 59.0 Å². The average molecular weight is 1320 g/mol. The average Bonchev–Trinajstić information content (AvgIpc) is 1.62. The fraction of sp³-hybridized carbons (Fsp3) is 0.160. The van der Waals surface area contributed by atoms with Gasteiger partial charge in [-0.05, 0) is 127 Å². The first-order chi connectivity index (χ1) is 48.1. The van der Waals surface area contributed by atoms with Crippen molar-refractivity contribution in [2.75, 3.05) is 49.9 Å². The molecule has 0 saturated carbocycles. The van der Waals surface area contributed by atoms with Gasteiger partial charge in [-0.2, -0.15) is 15.3 Å². The van der Waals surface area contributed by atoms with Crippen molar-refractivity contribution in [3.63, 3.8) is 0 Å². The number of likely N-dealkylation sites (tertiary alicyclic amines) is 3. The molecule has 9 N–H and O–H groups in total. The molecule has 0 aliphatic carbocycles. The van der Waals surface area contributed by atoms with Gasteiger partial charge in [0.05, 0.1) is 28.2 Å². The summed E-state index contributed by atoms with van der Waals surface area (Å²) in [5.74, 6) is 4.77. The van der Waals surface area contributed by atoms with Crippen molar-refractivity contribution in [3.05, 3.63) is 251 Å². The molecule has 3 fully saturated rings. The second-order valence-electron chi connectivity index (χ2n) is 24.0. The van der Waals surface area contributed by atoms with E-state index in [9.17, 15) is 28.8 Å². The molecule has 3 saturated heterocycles. The number of ether oxygens (including phenoxy) is 3. The van der Waals surface area contributed by atoms with E-state index in [0.29, 0.717) is 89.2 Å². The summed E-state index contributed by atoms with van der Waals surface area (Å²) in [6.07, 6.45) is 12.2. The molecule has 24 nitrogen and oxygen atoms in total. The number of carbonyl (C=O) groups excluding carboxylic acids is 3. The number of aromatic amines is 3. The van der Waals surface area contributed by atoms with Crippen LogP contribution in [0.15, 0.2) is 235 Å². The minimum Gasteiger partial charge on any atom is -0.457 e. The van der Waals surface area contributed by atoms with Crippen molar-refractivity contribution < 1.29 is 28.6 Å². The zero-order valence-corrected chi connectivity index (χ0v) is 53.7. The standard InChI is InChI=1S/C26H25N5O3.C25H23N5O3.C24H21N5O3/c1-2-22(32)31-14-6-7-18(31)15-30-16-21(23-24(30)26(33)29-28-25(23)27)17-10-12-20(13-11-17)34-19-8-4-3-5-9-19;1-2-21(31)29-13-12-17(14-29)30-15-20(22-23(30)25(32)28-27-24(22)26)16-8-10-19(11-9-16)33-18-6-4-3-5-7-18;1-2-20(30)28-12-16(13-28)29-14-19(21-22(29)24(31)27-26-23(21)25)15-8-10-18(11-9-15)32-17-6-4-3-5-7-17/h2-5,8-13,16,18H,1,6-7,14-15H2,(H2,27,28)(H,29,33);2-11,15,17H,1,12-14H2,(H2,26,27)(H,28,32);2-11,14,16H,1,12-13H2,(H2,25,26)(H,27,31)/t18-;17-;/m01./s1. The number of carbonyl (C=O) groups is 3. The number of rotatable bonds is 16. The van der Waals surface area contributed by atoms with Crippen LogP contribution in [-0.2, 0) is 20.9 Å². The van der Waals surface area contributed by atoms with Gasteiger partial charge in [-0.3, -0.25) is 28.8 Å². The van der Waals surface area contributed by atoms with Crippen LogP contribution in [0, 0.1) is 0 Å². The SMILES string of the molecule is C=CC(=O)N1CC(n2cc(-c3ccc(Oc4ccccc4)cc3)c3c(N)n[nH]c(=O)c32)C1.C=CC(=O)N1CCC[C@H]1Cn1cc(-c2ccc(Oc3ccccc3)cc2)c2c(N)n[nH]c(=O)c21.C=CC(=O)N1CC[C@@H](n2cc(-c3ccc(Oc4ccccc4)cc3)c3c(N)n[nH]c(=O)c32)C1. The Morgan fingerprint density at radius 2 is 0.808 bits per heavy atom. The van der Waals surface area contributed by atoms with Gasteiger partial charge in [0.15, 0.2) is 17.5 Å². The number of nitrogens with two attached hydrogens (primary N) is 3. The van der Waals surface area contributed by atoms with Gasteiger partial charge in [0.2, 0.25) is 17.7 Å². The van der Waals surface area contributed by atoms with Crippen LogP contribution in [0.2, 0.25) is 0 Å². The summed E-state index contributed by atoms with van der Waals surface area (Å²) in [7, 11) is 0. The molecule has 498 valence electrons. The molecule has 3 aliphatic heterocycles. The molecule has 99 heavy (non-hydrogen) atoms. The fourth-order valence-corrected chi connectivity index (χ4v) is 13.0. The molecule has 6 aromatic carbocycles. The number of amides is 3. The summed E-state index contributed by atoms with van der Waals surface area (Å²) >= 11 is 0. The molecule has 3 aliphatic rings. The van der Waals surface area contributed by atoms with Gasteiger partial charge in [0, 0.05) is 80.6 Å². The van der Waals surface area contributed by atoms with E-state index >= 15 is 0 Å². The predicted molar refractivity (Wildman–Crippen MR) is 381 cm³/mol. The minimum atomic E-state index is -0.321. The first-order valence-corrected chi connectivity index (χ1v) is 32.0. The third-order valence-electron chi connectivity index (χ3n) is 17.9. The van der Waals surface area contributed by atoms with E-state index in [1.54, 1.807) is 9.80 Å². The number of para-hydroxylation sites is 3. The van der Waals surface area contributed by atoms with Crippen LogP contribution >= 0.6 is 0 Å².